The Balaban J connectivity index is 1.88. The van der Waals surface area contributed by atoms with Crippen molar-refractivity contribution in [3.63, 3.8) is 0 Å². The lowest BCUT2D eigenvalue weighted by atomic mass is 10.0. The second-order valence-corrected chi connectivity index (χ2v) is 7.03. The van der Waals surface area contributed by atoms with Crippen molar-refractivity contribution >= 4 is 51.0 Å². The topological polar surface area (TPSA) is 46.2 Å². The first-order chi connectivity index (χ1) is 13.0. The number of anilines is 1. The van der Waals surface area contributed by atoms with E-state index in [9.17, 15) is 9.59 Å². The molecule has 0 saturated carbocycles. The van der Waals surface area contributed by atoms with Crippen molar-refractivity contribution in [1.82, 2.24) is 0 Å². The van der Waals surface area contributed by atoms with Crippen LogP contribution in [0.1, 0.15) is 21.5 Å². The molecule has 27 heavy (non-hydrogen) atoms. The fourth-order valence-corrected chi connectivity index (χ4v) is 3.04. The Morgan fingerprint density at radius 2 is 1.52 bits per heavy atom. The van der Waals surface area contributed by atoms with Gasteiger partial charge < -0.3 is 5.32 Å². The van der Waals surface area contributed by atoms with Crippen LogP contribution in [-0.4, -0.2) is 11.7 Å². The average Bonchev–Trinajstić information content (AvgIpc) is 2.70. The molecule has 0 aromatic heterocycles. The maximum atomic E-state index is 12.8. The van der Waals surface area contributed by atoms with Crippen molar-refractivity contribution in [1.29, 1.82) is 0 Å². The Morgan fingerprint density at radius 3 is 2.19 bits per heavy atom. The first-order valence-electron chi connectivity index (χ1n) is 8.17. The highest BCUT2D eigenvalue weighted by molar-refractivity contribution is 9.12. The van der Waals surface area contributed by atoms with Crippen LogP contribution in [0.5, 0.6) is 0 Å². The van der Waals surface area contributed by atoms with Gasteiger partial charge in [0.05, 0.1) is 10.2 Å². The Kier molecular flexibility index (Phi) is 6.22. The molecule has 0 fully saturated rings. The third-order valence-electron chi connectivity index (χ3n) is 3.82. The van der Waals surface area contributed by atoms with E-state index >= 15 is 0 Å². The number of ketones is 1. The molecule has 3 aromatic rings. The molecular weight excluding hydrogens is 426 g/mol. The minimum Gasteiger partial charge on any atom is -0.321 e. The predicted molar refractivity (Wildman–Crippen MR) is 113 cm³/mol. The quantitative estimate of drug-likeness (QED) is 0.394. The molecule has 0 aliphatic carbocycles. The fourth-order valence-electron chi connectivity index (χ4n) is 2.50. The number of nitrogens with one attached hydrogen (secondary N) is 1. The number of carbonyl (C=O) groups excluding carboxylic acids is 2. The van der Waals surface area contributed by atoms with Crippen LogP contribution in [0.3, 0.4) is 0 Å². The normalized spacial score (nSPS) is 11.1. The van der Waals surface area contributed by atoms with Crippen molar-refractivity contribution in [3.05, 3.63) is 105 Å². The summed E-state index contributed by atoms with van der Waals surface area (Å²) < 4.78 is 0.349. The van der Waals surface area contributed by atoms with Gasteiger partial charge in [0.25, 0.3) is 5.91 Å². The standard InChI is InChI=1S/C22H15BrClNO2/c23-19(13-15-7-3-1-4-8-15)22(27)25-20-12-11-17(24)14-18(20)21(26)16-9-5-2-6-10-16/h1-14H,(H,25,27)/b19-13-. The summed E-state index contributed by atoms with van der Waals surface area (Å²) in [6, 6.07) is 23.1. The molecule has 0 heterocycles. The van der Waals surface area contributed by atoms with E-state index in [2.05, 4.69) is 21.2 Å². The smallest absolute Gasteiger partial charge is 0.262 e. The lowest BCUT2D eigenvalue weighted by Crippen LogP contribution is -2.15. The Bertz CT molecular complexity index is 1000. The van der Waals surface area contributed by atoms with Crippen LogP contribution in [-0.2, 0) is 4.79 Å². The molecule has 0 aliphatic heterocycles. The summed E-state index contributed by atoms with van der Waals surface area (Å²) in [5.74, 6) is -0.570. The summed E-state index contributed by atoms with van der Waals surface area (Å²) in [6.07, 6.45) is 1.71. The molecule has 5 heteroatoms. The zero-order valence-electron chi connectivity index (χ0n) is 14.2. The molecule has 134 valence electrons. The first-order valence-corrected chi connectivity index (χ1v) is 9.34. The van der Waals surface area contributed by atoms with Gasteiger partial charge in [-0.05, 0) is 45.8 Å². The average molecular weight is 441 g/mol. The first kappa shape index (κ1) is 19.1. The summed E-state index contributed by atoms with van der Waals surface area (Å²) in [6.45, 7) is 0. The molecule has 0 unspecified atom stereocenters. The fraction of sp³-hybridized carbons (Fsp3) is 0. The van der Waals surface area contributed by atoms with Gasteiger partial charge in [0, 0.05) is 16.1 Å². The second-order valence-electron chi connectivity index (χ2n) is 5.74. The molecule has 0 radical (unpaired) electrons. The highest BCUT2D eigenvalue weighted by Gasteiger charge is 2.17. The van der Waals surface area contributed by atoms with Crippen molar-refractivity contribution in [2.45, 2.75) is 0 Å². The molecule has 0 aliphatic rings. The molecule has 0 spiro atoms. The van der Waals surface area contributed by atoms with Crippen LogP contribution < -0.4 is 5.32 Å². The number of halogens is 2. The van der Waals surface area contributed by atoms with E-state index in [0.717, 1.165) is 5.56 Å². The van der Waals surface area contributed by atoms with E-state index < -0.39 is 0 Å². The third kappa shape index (κ3) is 4.94. The maximum absolute atomic E-state index is 12.8. The number of amides is 1. The molecule has 3 aromatic carbocycles. The summed E-state index contributed by atoms with van der Waals surface area (Å²) in [7, 11) is 0. The zero-order chi connectivity index (χ0) is 19.2. The highest BCUT2D eigenvalue weighted by atomic mass is 79.9. The van der Waals surface area contributed by atoms with Crippen molar-refractivity contribution in [2.75, 3.05) is 5.32 Å². The van der Waals surface area contributed by atoms with Gasteiger partial charge in [0.2, 0.25) is 0 Å². The molecule has 0 bridgehead atoms. The van der Waals surface area contributed by atoms with Gasteiger partial charge in [-0.3, -0.25) is 9.59 Å². The number of benzene rings is 3. The van der Waals surface area contributed by atoms with Gasteiger partial charge in [0.1, 0.15) is 0 Å². The maximum Gasteiger partial charge on any atom is 0.262 e. The van der Waals surface area contributed by atoms with Crippen molar-refractivity contribution < 1.29 is 9.59 Å². The minimum atomic E-state index is -0.358. The van der Waals surface area contributed by atoms with Gasteiger partial charge in [-0.1, -0.05) is 72.3 Å². The zero-order valence-corrected chi connectivity index (χ0v) is 16.5. The lowest BCUT2D eigenvalue weighted by Gasteiger charge is -2.11. The number of carbonyl (C=O) groups is 2. The van der Waals surface area contributed by atoms with E-state index in [1.165, 1.54) is 0 Å². The van der Waals surface area contributed by atoms with Gasteiger partial charge in [-0.25, -0.2) is 0 Å². The van der Waals surface area contributed by atoms with E-state index in [0.29, 0.717) is 26.3 Å². The van der Waals surface area contributed by atoms with Crippen molar-refractivity contribution in [3.8, 4) is 0 Å². The van der Waals surface area contributed by atoms with Gasteiger partial charge in [-0.15, -0.1) is 0 Å². The van der Waals surface area contributed by atoms with Crippen molar-refractivity contribution in [2.24, 2.45) is 0 Å². The van der Waals surface area contributed by atoms with Crippen LogP contribution in [0, 0.1) is 0 Å². The van der Waals surface area contributed by atoms with Crippen LogP contribution >= 0.6 is 27.5 Å². The molecule has 0 atom stereocenters. The molecule has 3 nitrogen and oxygen atoms in total. The minimum absolute atomic E-state index is 0.212. The third-order valence-corrected chi connectivity index (χ3v) is 4.64. The van der Waals surface area contributed by atoms with Gasteiger partial charge in [0.15, 0.2) is 5.78 Å². The Labute approximate surface area is 170 Å². The molecule has 0 saturated heterocycles. The highest BCUT2D eigenvalue weighted by Crippen LogP contribution is 2.25. The van der Waals surface area contributed by atoms with E-state index in [1.807, 2.05) is 36.4 Å². The molecular formula is C22H15BrClNO2. The summed E-state index contributed by atoms with van der Waals surface area (Å²) in [5.41, 5.74) is 2.14. The Hall–Kier alpha value is -2.69. The second kappa shape index (κ2) is 8.80. The van der Waals surface area contributed by atoms with Crippen LogP contribution in [0.25, 0.3) is 6.08 Å². The summed E-state index contributed by atoms with van der Waals surface area (Å²) >= 11 is 9.37. The lowest BCUT2D eigenvalue weighted by molar-refractivity contribution is -0.112. The number of rotatable bonds is 5. The Morgan fingerprint density at radius 1 is 0.889 bits per heavy atom. The SMILES string of the molecule is O=C(Nc1ccc(Cl)cc1C(=O)c1ccccc1)/C(Br)=C/c1ccccc1. The van der Waals surface area contributed by atoms with Gasteiger partial charge >= 0.3 is 0 Å². The van der Waals surface area contributed by atoms with Crippen LogP contribution in [0.2, 0.25) is 5.02 Å². The molecule has 3 rings (SSSR count). The number of hydrogen-bond acceptors (Lipinski definition) is 2. The molecule has 1 amide bonds. The number of hydrogen-bond donors (Lipinski definition) is 1. The predicted octanol–water partition coefficient (Wildman–Crippen LogP) is 5.95. The van der Waals surface area contributed by atoms with Crippen LogP contribution in [0.15, 0.2) is 83.3 Å². The van der Waals surface area contributed by atoms with E-state index in [-0.39, 0.29) is 11.7 Å². The summed E-state index contributed by atoms with van der Waals surface area (Å²) in [5, 5.41) is 3.20. The largest absolute Gasteiger partial charge is 0.321 e. The van der Waals surface area contributed by atoms with Crippen LogP contribution in [0.4, 0.5) is 5.69 Å². The van der Waals surface area contributed by atoms with E-state index in [4.69, 9.17) is 11.6 Å². The van der Waals surface area contributed by atoms with E-state index in [1.54, 1.807) is 48.5 Å². The summed E-state index contributed by atoms with van der Waals surface area (Å²) in [4.78, 5) is 25.4. The monoisotopic (exact) mass is 439 g/mol. The molecule has 1 N–H and O–H groups in total. The van der Waals surface area contributed by atoms with Gasteiger partial charge in [-0.2, -0.15) is 0 Å².